The van der Waals surface area contributed by atoms with Crippen LogP contribution in [-0.2, 0) is 17.9 Å². The summed E-state index contributed by atoms with van der Waals surface area (Å²) in [5.41, 5.74) is 2.00. The molecule has 0 aliphatic heterocycles. The minimum atomic E-state index is 0.0208. The van der Waals surface area contributed by atoms with Gasteiger partial charge in [0.15, 0.2) is 0 Å². The summed E-state index contributed by atoms with van der Waals surface area (Å²) in [4.78, 5) is 13.7. The molecule has 1 aromatic carbocycles. The number of likely N-dealkylation sites (N-methyl/N-ethyl adjacent to an activating group) is 1. The van der Waals surface area contributed by atoms with E-state index < -0.39 is 0 Å². The molecule has 94 valence electrons. The highest BCUT2D eigenvalue weighted by atomic mass is 16.2. The summed E-state index contributed by atoms with van der Waals surface area (Å²) in [5, 5.41) is 7.62. The predicted molar refractivity (Wildman–Crippen MR) is 67.7 cm³/mol. The molecule has 0 spiro atoms. The van der Waals surface area contributed by atoms with E-state index in [-0.39, 0.29) is 12.5 Å². The molecular formula is C13H16N4O. The van der Waals surface area contributed by atoms with Crippen molar-refractivity contribution in [1.82, 2.24) is 19.9 Å². The van der Waals surface area contributed by atoms with Crippen molar-refractivity contribution >= 4 is 5.91 Å². The summed E-state index contributed by atoms with van der Waals surface area (Å²) in [7, 11) is 1.79. The maximum Gasteiger partial charge on any atom is 0.244 e. The molecule has 0 saturated carbocycles. The van der Waals surface area contributed by atoms with Gasteiger partial charge in [0, 0.05) is 13.6 Å². The van der Waals surface area contributed by atoms with Crippen molar-refractivity contribution in [1.29, 1.82) is 0 Å². The summed E-state index contributed by atoms with van der Waals surface area (Å²) in [6, 6.07) is 9.91. The van der Waals surface area contributed by atoms with E-state index in [0.717, 1.165) is 11.3 Å². The minimum absolute atomic E-state index is 0.0208. The van der Waals surface area contributed by atoms with Gasteiger partial charge in [-0.25, -0.2) is 4.68 Å². The van der Waals surface area contributed by atoms with Gasteiger partial charge in [0.25, 0.3) is 0 Å². The highest BCUT2D eigenvalue weighted by Crippen LogP contribution is 2.04. The first kappa shape index (κ1) is 12.3. The topological polar surface area (TPSA) is 51.0 Å². The second-order valence-electron chi connectivity index (χ2n) is 4.27. The molecule has 1 aromatic heterocycles. The van der Waals surface area contributed by atoms with E-state index in [1.165, 1.54) is 0 Å². The Morgan fingerprint density at radius 3 is 2.67 bits per heavy atom. The molecule has 0 radical (unpaired) electrons. The van der Waals surface area contributed by atoms with Crippen molar-refractivity contribution in [3.63, 3.8) is 0 Å². The maximum atomic E-state index is 12.0. The first-order chi connectivity index (χ1) is 8.66. The lowest BCUT2D eigenvalue weighted by molar-refractivity contribution is -0.131. The number of hydrogen-bond donors (Lipinski definition) is 0. The molecule has 5 nitrogen and oxygen atoms in total. The standard InChI is InChI=1S/C13H16N4O/c1-11-8-14-15-17(11)10-13(18)16(2)9-12-6-4-3-5-7-12/h3-8H,9-10H2,1-2H3. The third-order valence-electron chi connectivity index (χ3n) is 2.78. The molecule has 0 aliphatic carbocycles. The van der Waals surface area contributed by atoms with Gasteiger partial charge >= 0.3 is 0 Å². The zero-order chi connectivity index (χ0) is 13.0. The van der Waals surface area contributed by atoms with Crippen LogP contribution in [0.4, 0.5) is 0 Å². The Morgan fingerprint density at radius 2 is 2.06 bits per heavy atom. The quantitative estimate of drug-likeness (QED) is 0.813. The third kappa shape index (κ3) is 2.94. The van der Waals surface area contributed by atoms with Crippen LogP contribution in [-0.4, -0.2) is 32.8 Å². The lowest BCUT2D eigenvalue weighted by atomic mass is 10.2. The summed E-state index contributed by atoms with van der Waals surface area (Å²) in [6.07, 6.45) is 1.64. The van der Waals surface area contributed by atoms with Crippen molar-refractivity contribution < 1.29 is 4.79 Å². The van der Waals surface area contributed by atoms with Gasteiger partial charge < -0.3 is 4.90 Å². The van der Waals surface area contributed by atoms with Crippen molar-refractivity contribution in [2.45, 2.75) is 20.0 Å². The summed E-state index contributed by atoms with van der Waals surface area (Å²) >= 11 is 0. The maximum absolute atomic E-state index is 12.0. The molecule has 0 N–H and O–H groups in total. The Hall–Kier alpha value is -2.17. The van der Waals surface area contributed by atoms with Gasteiger partial charge in [-0.15, -0.1) is 5.10 Å². The van der Waals surface area contributed by atoms with Gasteiger partial charge in [-0.1, -0.05) is 35.5 Å². The molecule has 0 fully saturated rings. The number of aryl methyl sites for hydroxylation is 1. The number of hydrogen-bond acceptors (Lipinski definition) is 3. The van der Waals surface area contributed by atoms with Crippen LogP contribution in [0.5, 0.6) is 0 Å². The molecule has 2 aromatic rings. The molecule has 2 rings (SSSR count). The fraction of sp³-hybridized carbons (Fsp3) is 0.308. The molecule has 0 aliphatic rings. The number of rotatable bonds is 4. The Kier molecular flexibility index (Phi) is 3.72. The normalized spacial score (nSPS) is 10.3. The molecular weight excluding hydrogens is 228 g/mol. The Morgan fingerprint density at radius 1 is 1.33 bits per heavy atom. The van der Waals surface area contributed by atoms with Gasteiger partial charge in [0.2, 0.25) is 5.91 Å². The molecule has 0 unspecified atom stereocenters. The summed E-state index contributed by atoms with van der Waals surface area (Å²) in [5.74, 6) is 0.0208. The Balaban J connectivity index is 1.95. The van der Waals surface area contributed by atoms with Crippen LogP contribution >= 0.6 is 0 Å². The monoisotopic (exact) mass is 244 g/mol. The van der Waals surface area contributed by atoms with Crippen LogP contribution in [0.3, 0.4) is 0 Å². The Labute approximate surface area is 106 Å². The van der Waals surface area contributed by atoms with Gasteiger partial charge in [0.05, 0.1) is 11.9 Å². The highest BCUT2D eigenvalue weighted by molar-refractivity contribution is 5.75. The van der Waals surface area contributed by atoms with E-state index >= 15 is 0 Å². The fourth-order valence-electron chi connectivity index (χ4n) is 1.66. The zero-order valence-electron chi connectivity index (χ0n) is 10.6. The summed E-state index contributed by atoms with van der Waals surface area (Å²) in [6.45, 7) is 2.72. The van der Waals surface area contributed by atoms with Crippen LogP contribution in [0.2, 0.25) is 0 Å². The summed E-state index contributed by atoms with van der Waals surface area (Å²) < 4.78 is 1.60. The molecule has 18 heavy (non-hydrogen) atoms. The molecule has 1 amide bonds. The van der Waals surface area contributed by atoms with Crippen molar-refractivity contribution in [2.24, 2.45) is 0 Å². The van der Waals surface area contributed by atoms with E-state index in [0.29, 0.717) is 6.54 Å². The van der Waals surface area contributed by atoms with Crippen LogP contribution in [0.25, 0.3) is 0 Å². The number of aromatic nitrogens is 3. The van der Waals surface area contributed by atoms with Crippen LogP contribution in [0.15, 0.2) is 36.5 Å². The van der Waals surface area contributed by atoms with E-state index in [1.54, 1.807) is 22.8 Å². The average Bonchev–Trinajstić information content (AvgIpc) is 2.76. The van der Waals surface area contributed by atoms with Crippen LogP contribution in [0, 0.1) is 6.92 Å². The lowest BCUT2D eigenvalue weighted by Crippen LogP contribution is -2.30. The van der Waals surface area contributed by atoms with Gasteiger partial charge in [-0.05, 0) is 12.5 Å². The van der Waals surface area contributed by atoms with E-state index in [2.05, 4.69) is 10.3 Å². The van der Waals surface area contributed by atoms with Crippen molar-refractivity contribution in [3.8, 4) is 0 Å². The highest BCUT2D eigenvalue weighted by Gasteiger charge is 2.11. The van der Waals surface area contributed by atoms with Crippen molar-refractivity contribution in [2.75, 3.05) is 7.05 Å². The lowest BCUT2D eigenvalue weighted by Gasteiger charge is -2.17. The number of benzene rings is 1. The molecule has 0 atom stereocenters. The second kappa shape index (κ2) is 5.44. The van der Waals surface area contributed by atoms with Gasteiger partial charge in [-0.3, -0.25) is 4.79 Å². The second-order valence-corrected chi connectivity index (χ2v) is 4.27. The predicted octanol–water partition coefficient (Wildman–Crippen LogP) is 1.25. The number of amides is 1. The largest absolute Gasteiger partial charge is 0.340 e. The SMILES string of the molecule is Cc1cnnn1CC(=O)N(C)Cc1ccccc1. The van der Waals surface area contributed by atoms with Gasteiger partial charge in [0.1, 0.15) is 6.54 Å². The first-order valence-corrected chi connectivity index (χ1v) is 5.80. The molecule has 0 saturated heterocycles. The van der Waals surface area contributed by atoms with Crippen LogP contribution < -0.4 is 0 Å². The van der Waals surface area contributed by atoms with Gasteiger partial charge in [-0.2, -0.15) is 0 Å². The Bertz CT molecular complexity index is 521. The van der Waals surface area contributed by atoms with Crippen molar-refractivity contribution in [3.05, 3.63) is 47.8 Å². The molecule has 1 heterocycles. The fourth-order valence-corrected chi connectivity index (χ4v) is 1.66. The van der Waals surface area contributed by atoms with E-state index in [9.17, 15) is 4.79 Å². The van der Waals surface area contributed by atoms with E-state index in [4.69, 9.17) is 0 Å². The van der Waals surface area contributed by atoms with E-state index in [1.807, 2.05) is 37.3 Å². The zero-order valence-corrected chi connectivity index (χ0v) is 10.6. The minimum Gasteiger partial charge on any atom is -0.340 e. The van der Waals surface area contributed by atoms with Crippen LogP contribution in [0.1, 0.15) is 11.3 Å². The third-order valence-corrected chi connectivity index (χ3v) is 2.78. The number of carbonyl (C=O) groups is 1. The molecule has 5 heteroatoms. The first-order valence-electron chi connectivity index (χ1n) is 5.80. The number of nitrogens with zero attached hydrogens (tertiary/aromatic N) is 4. The number of carbonyl (C=O) groups excluding carboxylic acids is 1. The average molecular weight is 244 g/mol. The smallest absolute Gasteiger partial charge is 0.244 e. The molecule has 0 bridgehead atoms.